The van der Waals surface area contributed by atoms with Crippen LogP contribution in [0, 0.1) is 17.7 Å². The number of aliphatic hydroxyl groups excluding tert-OH is 1. The third-order valence-corrected chi connectivity index (χ3v) is 12.5. The maximum Gasteiger partial charge on any atom is 0.248 e. The van der Waals surface area contributed by atoms with Crippen LogP contribution in [0.1, 0.15) is 70.4 Å². The lowest BCUT2D eigenvalue weighted by Crippen LogP contribution is -2.59. The summed E-state index contributed by atoms with van der Waals surface area (Å²) in [6.07, 6.45) is 11.5. The van der Waals surface area contributed by atoms with Gasteiger partial charge in [-0.1, -0.05) is 12.1 Å². The Morgan fingerprint density at radius 1 is 1.06 bits per heavy atom. The standard InChI is InChI=1S/C39H45FN8O3/c1-23(2)47-22-42-33-17-32(44-37(36(33)47)43-31-7-10-41-18-30(31)40)26-5-6-29-34(14-26)48(38(51)39(29)8-11-45(12-9-39)35(50)21-49)28-15-27(16-28)46-19-24-3-4-25(13-24)20-46/h5-7,10,14,17-18,22-25,27-28,49H,3-4,8-9,11-13,15-16,19-21H2,1-2H3,(H,41,43,44). The maximum absolute atomic E-state index is 14.8. The van der Waals surface area contributed by atoms with E-state index in [4.69, 9.17) is 9.97 Å². The second-order valence-electron chi connectivity index (χ2n) is 15.8. The number of aliphatic hydroxyl groups is 1. The van der Waals surface area contributed by atoms with Gasteiger partial charge in [-0.3, -0.25) is 19.5 Å². The van der Waals surface area contributed by atoms with Crippen LogP contribution in [-0.2, 0) is 15.0 Å². The van der Waals surface area contributed by atoms with E-state index in [1.807, 2.05) is 16.7 Å². The van der Waals surface area contributed by atoms with E-state index >= 15 is 0 Å². The number of amides is 2. The molecule has 51 heavy (non-hydrogen) atoms. The number of carbonyl (C=O) groups is 2. The van der Waals surface area contributed by atoms with E-state index in [1.165, 1.54) is 38.5 Å². The molecule has 2 atom stereocenters. The smallest absolute Gasteiger partial charge is 0.248 e. The lowest BCUT2D eigenvalue weighted by molar-refractivity contribution is -0.138. The van der Waals surface area contributed by atoms with Crippen molar-refractivity contribution in [1.82, 2.24) is 29.3 Å². The number of pyridine rings is 2. The first kappa shape index (κ1) is 32.5. The molecule has 4 fully saturated rings. The Hall–Kier alpha value is -4.42. The number of benzene rings is 1. The molecule has 2 amide bonds. The quantitative estimate of drug-likeness (QED) is 0.264. The predicted octanol–water partition coefficient (Wildman–Crippen LogP) is 5.42. The van der Waals surface area contributed by atoms with Crippen molar-refractivity contribution < 1.29 is 19.1 Å². The molecule has 5 aliphatic rings. The van der Waals surface area contributed by atoms with Gasteiger partial charge >= 0.3 is 0 Å². The number of likely N-dealkylation sites (tertiary alicyclic amines) is 2. The van der Waals surface area contributed by atoms with Crippen LogP contribution in [0.4, 0.5) is 21.6 Å². The van der Waals surface area contributed by atoms with E-state index in [-0.39, 0.29) is 29.6 Å². The SMILES string of the molecule is CC(C)n1cnc2cc(-c3ccc4c(c3)N(C3CC(N5CC6CCC(C6)C5)C3)C(=O)C43CCN(C(=O)CO)CC3)nc(Nc3ccncc3F)c21. The molecule has 1 spiro atoms. The number of hydrogen-bond donors (Lipinski definition) is 2. The van der Waals surface area contributed by atoms with Gasteiger partial charge in [-0.15, -0.1) is 0 Å². The van der Waals surface area contributed by atoms with Crippen LogP contribution in [-0.4, -0.2) is 91.1 Å². The molecule has 12 heteroatoms. The van der Waals surface area contributed by atoms with Crippen molar-refractivity contribution in [3.8, 4) is 11.3 Å². The molecular weight excluding hydrogens is 647 g/mol. The Balaban J connectivity index is 1.09. The van der Waals surface area contributed by atoms with Gasteiger partial charge in [-0.05, 0) is 94.4 Å². The molecule has 2 unspecified atom stereocenters. The van der Waals surface area contributed by atoms with Crippen LogP contribution in [0.25, 0.3) is 22.3 Å². The fourth-order valence-electron chi connectivity index (χ4n) is 9.74. The van der Waals surface area contributed by atoms with Crippen molar-refractivity contribution in [3.05, 3.63) is 60.4 Å². The van der Waals surface area contributed by atoms with Gasteiger partial charge in [0.15, 0.2) is 11.6 Å². The van der Waals surface area contributed by atoms with Crippen LogP contribution in [0.3, 0.4) is 0 Å². The molecule has 2 N–H and O–H groups in total. The highest BCUT2D eigenvalue weighted by atomic mass is 19.1. The molecule has 1 aromatic carbocycles. The van der Waals surface area contributed by atoms with Crippen LogP contribution >= 0.6 is 0 Å². The fourth-order valence-corrected chi connectivity index (χ4v) is 9.74. The molecule has 0 radical (unpaired) electrons. The summed E-state index contributed by atoms with van der Waals surface area (Å²) in [5.74, 6) is 1.48. The van der Waals surface area contributed by atoms with Crippen molar-refractivity contribution in [2.45, 2.75) is 82.3 Å². The molecule has 11 nitrogen and oxygen atoms in total. The van der Waals surface area contributed by atoms with E-state index in [0.29, 0.717) is 43.5 Å². The lowest BCUT2D eigenvalue weighted by atomic mass is 9.73. The largest absolute Gasteiger partial charge is 0.387 e. The maximum atomic E-state index is 14.8. The Morgan fingerprint density at radius 3 is 2.53 bits per heavy atom. The van der Waals surface area contributed by atoms with Crippen molar-refractivity contribution in [2.75, 3.05) is 43.0 Å². The molecule has 2 saturated heterocycles. The van der Waals surface area contributed by atoms with Gasteiger partial charge in [-0.2, -0.15) is 0 Å². The minimum atomic E-state index is -0.714. The number of halogens is 1. The number of hydrogen-bond acceptors (Lipinski definition) is 8. The number of anilines is 3. The fraction of sp³-hybridized carbons (Fsp3) is 0.513. The van der Waals surface area contributed by atoms with E-state index in [9.17, 15) is 19.1 Å². The minimum Gasteiger partial charge on any atom is -0.387 e. The molecule has 266 valence electrons. The van der Waals surface area contributed by atoms with E-state index < -0.39 is 17.8 Å². The van der Waals surface area contributed by atoms with Crippen LogP contribution < -0.4 is 10.2 Å². The Kier molecular flexibility index (Phi) is 7.88. The van der Waals surface area contributed by atoms with Gasteiger partial charge in [0.05, 0.1) is 34.8 Å². The Bertz CT molecular complexity index is 2000. The first-order chi connectivity index (χ1) is 24.7. The molecular formula is C39H45FN8O3. The summed E-state index contributed by atoms with van der Waals surface area (Å²) < 4.78 is 16.9. The van der Waals surface area contributed by atoms with Crippen LogP contribution in [0.5, 0.6) is 0 Å². The average molecular weight is 693 g/mol. The monoisotopic (exact) mass is 692 g/mol. The summed E-state index contributed by atoms with van der Waals surface area (Å²) >= 11 is 0. The number of nitrogens with zero attached hydrogens (tertiary/aromatic N) is 7. The topological polar surface area (TPSA) is 120 Å². The van der Waals surface area contributed by atoms with Crippen molar-refractivity contribution in [2.24, 2.45) is 11.8 Å². The lowest BCUT2D eigenvalue weighted by Gasteiger charge is -2.49. The molecule has 3 aromatic heterocycles. The van der Waals surface area contributed by atoms with Gasteiger partial charge < -0.3 is 24.8 Å². The summed E-state index contributed by atoms with van der Waals surface area (Å²) in [6.45, 7) is 6.84. The summed E-state index contributed by atoms with van der Waals surface area (Å²) in [5.41, 5.74) is 4.51. The molecule has 4 aromatic rings. The van der Waals surface area contributed by atoms with Crippen LogP contribution in [0.2, 0.25) is 0 Å². The summed E-state index contributed by atoms with van der Waals surface area (Å²) in [5, 5.41) is 12.7. The highest BCUT2D eigenvalue weighted by Gasteiger charge is 2.56. The van der Waals surface area contributed by atoms with Crippen LogP contribution in [0.15, 0.2) is 49.1 Å². The number of carbonyl (C=O) groups excluding carboxylic acids is 2. The van der Waals surface area contributed by atoms with E-state index in [1.54, 1.807) is 23.5 Å². The van der Waals surface area contributed by atoms with Gasteiger partial charge in [-0.25, -0.2) is 14.4 Å². The molecule has 3 aliphatic heterocycles. The van der Waals surface area contributed by atoms with E-state index in [2.05, 4.69) is 46.1 Å². The van der Waals surface area contributed by atoms with Gasteiger partial charge in [0.1, 0.15) is 12.1 Å². The van der Waals surface area contributed by atoms with Gasteiger partial charge in [0.25, 0.3) is 0 Å². The second-order valence-corrected chi connectivity index (χ2v) is 15.8. The predicted molar refractivity (Wildman–Crippen MR) is 192 cm³/mol. The summed E-state index contributed by atoms with van der Waals surface area (Å²) in [6, 6.07) is 10.5. The van der Waals surface area contributed by atoms with Crippen molar-refractivity contribution in [3.63, 3.8) is 0 Å². The Morgan fingerprint density at radius 2 is 1.82 bits per heavy atom. The molecule has 9 rings (SSSR count). The Labute approximate surface area is 296 Å². The number of aromatic nitrogens is 4. The second kappa shape index (κ2) is 12.4. The third-order valence-electron chi connectivity index (χ3n) is 12.5. The molecule has 2 saturated carbocycles. The van der Waals surface area contributed by atoms with Crippen molar-refractivity contribution >= 4 is 40.0 Å². The highest BCUT2D eigenvalue weighted by molar-refractivity contribution is 6.09. The number of imidazole rings is 1. The zero-order valence-corrected chi connectivity index (χ0v) is 29.3. The molecule has 2 bridgehead atoms. The normalized spacial score (nSPS) is 25.5. The zero-order valence-electron chi connectivity index (χ0n) is 29.3. The molecule has 2 aliphatic carbocycles. The third kappa shape index (κ3) is 5.32. The van der Waals surface area contributed by atoms with Gasteiger partial charge in [0, 0.05) is 61.8 Å². The number of nitrogens with one attached hydrogen (secondary N) is 1. The zero-order chi connectivity index (χ0) is 35.0. The molecule has 6 heterocycles. The summed E-state index contributed by atoms with van der Waals surface area (Å²) in [4.78, 5) is 47.3. The number of rotatable bonds is 7. The summed E-state index contributed by atoms with van der Waals surface area (Å²) in [7, 11) is 0. The van der Waals surface area contributed by atoms with Gasteiger partial charge in [0.2, 0.25) is 11.8 Å². The first-order valence-corrected chi connectivity index (χ1v) is 18.6. The number of fused-ring (bicyclic) bond motifs is 5. The van der Waals surface area contributed by atoms with Crippen molar-refractivity contribution in [1.29, 1.82) is 0 Å². The first-order valence-electron chi connectivity index (χ1n) is 18.6. The number of piperidine rings is 2. The minimum absolute atomic E-state index is 0.103. The average Bonchev–Trinajstić information content (AvgIpc) is 3.77. The van der Waals surface area contributed by atoms with E-state index in [0.717, 1.165) is 52.5 Å². The highest BCUT2D eigenvalue weighted by Crippen LogP contribution is 2.52.